The first-order valence-electron chi connectivity index (χ1n) is 8.45. The lowest BCUT2D eigenvalue weighted by Crippen LogP contribution is -2.29. The molecule has 1 aromatic heterocycles. The van der Waals surface area contributed by atoms with E-state index in [1.807, 2.05) is 6.92 Å². The van der Waals surface area contributed by atoms with Crippen molar-refractivity contribution in [2.24, 2.45) is 0 Å². The summed E-state index contributed by atoms with van der Waals surface area (Å²) in [5.41, 5.74) is -0.509. The number of rotatable bonds is 9. The molecule has 0 aliphatic carbocycles. The van der Waals surface area contributed by atoms with Crippen molar-refractivity contribution in [3.8, 4) is 0 Å². The van der Waals surface area contributed by atoms with Crippen molar-refractivity contribution in [3.63, 3.8) is 0 Å². The van der Waals surface area contributed by atoms with Crippen LogP contribution >= 0.6 is 7.82 Å². The van der Waals surface area contributed by atoms with Gasteiger partial charge in [-0.15, -0.1) is 0 Å². The highest BCUT2D eigenvalue weighted by atomic mass is 31.2. The van der Waals surface area contributed by atoms with E-state index >= 15 is 0 Å². The number of anilines is 1. The molecule has 2 heterocycles. The molecule has 26 heavy (non-hydrogen) atoms. The van der Waals surface area contributed by atoms with Crippen LogP contribution in [0.4, 0.5) is 5.82 Å². The number of aliphatic hydroxyl groups is 1. The number of phosphoric acid groups is 1. The van der Waals surface area contributed by atoms with Crippen molar-refractivity contribution in [2.45, 2.75) is 44.6 Å². The quantitative estimate of drug-likeness (QED) is 0.466. The van der Waals surface area contributed by atoms with Crippen LogP contribution < -0.4 is 10.6 Å². The molecule has 0 saturated carbocycles. The lowest BCUT2D eigenvalue weighted by molar-refractivity contribution is -0.0464. The third kappa shape index (κ3) is 5.60. The Bertz CT molecular complexity index is 696. The Morgan fingerprint density at radius 2 is 2.19 bits per heavy atom. The lowest BCUT2D eigenvalue weighted by atomic mass is 10.2. The minimum absolute atomic E-state index is 0.111. The van der Waals surface area contributed by atoms with Crippen molar-refractivity contribution in [3.05, 3.63) is 22.7 Å². The van der Waals surface area contributed by atoms with Gasteiger partial charge in [-0.2, -0.15) is 4.98 Å². The molecule has 0 aromatic carbocycles. The van der Waals surface area contributed by atoms with Crippen LogP contribution in [0.15, 0.2) is 17.1 Å². The number of aliphatic hydroxyl groups excluding tert-OH is 1. The third-order valence-corrected chi connectivity index (χ3v) is 4.93. The second kappa shape index (κ2) is 9.07. The van der Waals surface area contributed by atoms with Gasteiger partial charge in [-0.05, 0) is 12.5 Å². The molecular weight excluding hydrogens is 365 g/mol. The molecule has 148 valence electrons. The molecule has 10 nitrogen and oxygen atoms in total. The van der Waals surface area contributed by atoms with Crippen LogP contribution in [0.3, 0.4) is 0 Å². The van der Waals surface area contributed by atoms with Crippen molar-refractivity contribution < 1.29 is 28.3 Å². The molecule has 0 bridgehead atoms. The summed E-state index contributed by atoms with van der Waals surface area (Å²) in [6.07, 6.45) is 0.610. The summed E-state index contributed by atoms with van der Waals surface area (Å²) in [7, 11) is -0.660. The number of hydrogen-bond acceptors (Lipinski definition) is 8. The Morgan fingerprint density at radius 3 is 2.81 bits per heavy atom. The zero-order chi connectivity index (χ0) is 19.3. The van der Waals surface area contributed by atoms with E-state index in [2.05, 4.69) is 4.98 Å². The molecule has 0 radical (unpaired) electrons. The lowest BCUT2D eigenvalue weighted by Gasteiger charge is -2.18. The van der Waals surface area contributed by atoms with Gasteiger partial charge >= 0.3 is 13.5 Å². The van der Waals surface area contributed by atoms with Crippen LogP contribution in [0.1, 0.15) is 32.4 Å². The van der Waals surface area contributed by atoms with E-state index in [-0.39, 0.29) is 19.6 Å². The summed E-state index contributed by atoms with van der Waals surface area (Å²) in [5.74, 6) is 0.509. The van der Waals surface area contributed by atoms with E-state index in [4.69, 9.17) is 13.8 Å². The largest absolute Gasteiger partial charge is 0.472 e. The number of hydrogen-bond donors (Lipinski definition) is 2. The van der Waals surface area contributed by atoms with Crippen molar-refractivity contribution in [1.29, 1.82) is 0 Å². The van der Waals surface area contributed by atoms with Gasteiger partial charge in [0, 0.05) is 26.7 Å². The van der Waals surface area contributed by atoms with Gasteiger partial charge in [0.05, 0.1) is 19.3 Å². The van der Waals surface area contributed by atoms with Gasteiger partial charge in [-0.3, -0.25) is 13.6 Å². The first-order chi connectivity index (χ1) is 12.2. The number of phosphoric ester groups is 1. The maximum atomic E-state index is 12.1. The summed E-state index contributed by atoms with van der Waals surface area (Å²) < 4.78 is 28.3. The molecule has 2 N–H and O–H groups in total. The van der Waals surface area contributed by atoms with Crippen LogP contribution in [-0.2, 0) is 18.3 Å². The van der Waals surface area contributed by atoms with Crippen molar-refractivity contribution >= 4 is 13.6 Å². The highest BCUT2D eigenvalue weighted by molar-refractivity contribution is 7.47. The first-order valence-corrected chi connectivity index (χ1v) is 9.95. The Kier molecular flexibility index (Phi) is 7.33. The van der Waals surface area contributed by atoms with E-state index < -0.39 is 31.9 Å². The van der Waals surface area contributed by atoms with Gasteiger partial charge in [-0.25, -0.2) is 9.36 Å². The van der Waals surface area contributed by atoms with Gasteiger partial charge in [0.2, 0.25) is 0 Å². The third-order valence-electron chi connectivity index (χ3n) is 3.94. The van der Waals surface area contributed by atoms with Crippen LogP contribution in [-0.4, -0.2) is 59.1 Å². The Morgan fingerprint density at radius 1 is 1.46 bits per heavy atom. The molecule has 2 rings (SSSR count). The average Bonchev–Trinajstić information content (AvgIpc) is 2.93. The smallest absolute Gasteiger partial charge is 0.390 e. The molecule has 1 saturated heterocycles. The summed E-state index contributed by atoms with van der Waals surface area (Å²) in [5, 5.41) is 10.1. The van der Waals surface area contributed by atoms with Gasteiger partial charge < -0.3 is 19.6 Å². The van der Waals surface area contributed by atoms with Crippen LogP contribution in [0.2, 0.25) is 0 Å². The monoisotopic (exact) mass is 391 g/mol. The van der Waals surface area contributed by atoms with Gasteiger partial charge in [-0.1, -0.05) is 13.3 Å². The Hall–Kier alpha value is -1.29. The summed E-state index contributed by atoms with van der Waals surface area (Å²) in [6, 6.07) is 1.66. The standard InChI is InChI=1S/C15H26N3O7P/c1-4-5-8-23-26(21,22)24-10-12-11(19)9-14(25-12)18-7-6-13(17(2)3)16-15(18)20/h6-7,11-12,14,19H,4-5,8-10H2,1-3H3,(H,21,22)/t11-,12+,14+/m0/s1. The topological polar surface area (TPSA) is 123 Å². The molecule has 1 aromatic rings. The van der Waals surface area contributed by atoms with Crippen molar-refractivity contribution in [1.82, 2.24) is 9.55 Å². The highest BCUT2D eigenvalue weighted by Gasteiger charge is 2.37. The van der Waals surface area contributed by atoms with Crippen LogP contribution in [0.25, 0.3) is 0 Å². The number of unbranched alkanes of at least 4 members (excludes halogenated alkanes) is 1. The van der Waals surface area contributed by atoms with Crippen molar-refractivity contribution in [2.75, 3.05) is 32.2 Å². The average molecular weight is 391 g/mol. The summed E-state index contributed by atoms with van der Waals surface area (Å²) >= 11 is 0. The summed E-state index contributed by atoms with van der Waals surface area (Å²) in [6.45, 7) is 1.72. The van der Waals surface area contributed by atoms with E-state index in [1.165, 1.54) is 10.8 Å². The molecule has 1 aliphatic rings. The number of ether oxygens (including phenoxy) is 1. The maximum absolute atomic E-state index is 12.1. The first kappa shape index (κ1) is 21.0. The molecule has 0 amide bonds. The summed E-state index contributed by atoms with van der Waals surface area (Å²) in [4.78, 5) is 27.4. The number of aromatic nitrogens is 2. The Labute approximate surface area is 151 Å². The Balaban J connectivity index is 1.95. The predicted molar refractivity (Wildman–Crippen MR) is 94.0 cm³/mol. The van der Waals surface area contributed by atoms with E-state index in [9.17, 15) is 19.4 Å². The highest BCUT2D eigenvalue weighted by Crippen LogP contribution is 2.44. The van der Waals surface area contributed by atoms with E-state index in [0.717, 1.165) is 6.42 Å². The van der Waals surface area contributed by atoms with Gasteiger partial charge in [0.1, 0.15) is 18.1 Å². The fraction of sp³-hybridized carbons (Fsp3) is 0.733. The second-order valence-electron chi connectivity index (χ2n) is 6.25. The minimum Gasteiger partial charge on any atom is -0.390 e. The van der Waals surface area contributed by atoms with Gasteiger partial charge in [0.25, 0.3) is 0 Å². The second-order valence-corrected chi connectivity index (χ2v) is 7.71. The molecule has 1 fully saturated rings. The van der Waals surface area contributed by atoms with E-state index in [0.29, 0.717) is 12.2 Å². The molecule has 4 atom stereocenters. The number of nitrogens with zero attached hydrogens (tertiary/aromatic N) is 3. The maximum Gasteiger partial charge on any atom is 0.472 e. The predicted octanol–water partition coefficient (Wildman–Crippen LogP) is 0.891. The molecule has 11 heteroatoms. The fourth-order valence-electron chi connectivity index (χ4n) is 2.44. The normalized spacial score (nSPS) is 25.2. The molecular formula is C15H26N3O7P. The van der Waals surface area contributed by atoms with Crippen LogP contribution in [0.5, 0.6) is 0 Å². The molecule has 1 aliphatic heterocycles. The minimum atomic E-state index is -4.20. The molecule has 1 unspecified atom stereocenters. The fourth-order valence-corrected chi connectivity index (χ4v) is 3.21. The van der Waals surface area contributed by atoms with Crippen LogP contribution in [0, 0.1) is 0 Å². The van der Waals surface area contributed by atoms with E-state index in [1.54, 1.807) is 25.1 Å². The SMILES string of the molecule is CCCCOP(=O)(O)OC[C@H]1O[C@@H](n2ccc(N(C)C)nc2=O)C[C@@H]1O. The zero-order valence-electron chi connectivity index (χ0n) is 15.1. The zero-order valence-corrected chi connectivity index (χ0v) is 16.0. The van der Waals surface area contributed by atoms with Gasteiger partial charge in [0.15, 0.2) is 0 Å². The molecule has 0 spiro atoms.